The molecule has 0 aliphatic carbocycles. The number of methoxy groups -OCH3 is 2. The van der Waals surface area contributed by atoms with Crippen LogP contribution in [0.15, 0.2) is 48.5 Å². The van der Waals surface area contributed by atoms with E-state index in [1.54, 1.807) is 12.1 Å². The summed E-state index contributed by atoms with van der Waals surface area (Å²) in [5.41, 5.74) is 1.85. The second kappa shape index (κ2) is 7.31. The highest BCUT2D eigenvalue weighted by Gasteiger charge is 2.17. The third kappa shape index (κ3) is 3.67. The van der Waals surface area contributed by atoms with Gasteiger partial charge < -0.3 is 14.6 Å². The monoisotopic (exact) mass is 298 g/mol. The zero-order chi connectivity index (χ0) is 15.9. The average Bonchev–Trinajstić information content (AvgIpc) is 2.54. The van der Waals surface area contributed by atoms with Crippen LogP contribution in [0.5, 0.6) is 11.5 Å². The Morgan fingerprint density at radius 2 is 1.91 bits per heavy atom. The summed E-state index contributed by atoms with van der Waals surface area (Å²) >= 11 is 0. The first-order valence-electron chi connectivity index (χ1n) is 6.85. The number of carbonyl (C=O) groups is 1. The normalized spacial score (nSPS) is 10.6. The Labute approximate surface area is 129 Å². The summed E-state index contributed by atoms with van der Waals surface area (Å²) < 4.78 is 9.84. The SMILES string of the molecule is COC(=O)c1c(O)cc(OC)cc1/C=C/Cc1ccccc1. The molecular weight excluding hydrogens is 280 g/mol. The highest BCUT2D eigenvalue weighted by molar-refractivity contribution is 5.96. The molecule has 2 aromatic rings. The minimum absolute atomic E-state index is 0.132. The lowest BCUT2D eigenvalue weighted by molar-refractivity contribution is 0.0597. The van der Waals surface area contributed by atoms with Crippen molar-refractivity contribution in [1.29, 1.82) is 0 Å². The zero-order valence-electron chi connectivity index (χ0n) is 12.6. The Morgan fingerprint density at radius 1 is 1.18 bits per heavy atom. The Morgan fingerprint density at radius 3 is 2.55 bits per heavy atom. The summed E-state index contributed by atoms with van der Waals surface area (Å²) in [4.78, 5) is 11.8. The molecule has 0 aromatic heterocycles. The van der Waals surface area contributed by atoms with Crippen molar-refractivity contribution in [2.75, 3.05) is 14.2 Å². The number of allylic oxidation sites excluding steroid dienone is 1. The Balaban J connectivity index is 2.31. The number of phenolic OH excluding ortho intramolecular Hbond substituents is 1. The molecule has 0 unspecified atom stereocenters. The van der Waals surface area contributed by atoms with Gasteiger partial charge in [-0.15, -0.1) is 0 Å². The van der Waals surface area contributed by atoms with Crippen LogP contribution in [0.25, 0.3) is 6.08 Å². The van der Waals surface area contributed by atoms with Crippen molar-refractivity contribution in [2.24, 2.45) is 0 Å². The fourth-order valence-corrected chi connectivity index (χ4v) is 2.13. The minimum Gasteiger partial charge on any atom is -0.507 e. The molecule has 22 heavy (non-hydrogen) atoms. The molecule has 2 aromatic carbocycles. The maximum Gasteiger partial charge on any atom is 0.342 e. The molecule has 0 heterocycles. The molecule has 0 aliphatic heterocycles. The number of esters is 1. The van der Waals surface area contributed by atoms with E-state index in [9.17, 15) is 9.90 Å². The van der Waals surface area contributed by atoms with Crippen LogP contribution in [0, 0.1) is 0 Å². The largest absolute Gasteiger partial charge is 0.507 e. The van der Waals surface area contributed by atoms with E-state index >= 15 is 0 Å². The quantitative estimate of drug-likeness (QED) is 0.859. The van der Waals surface area contributed by atoms with E-state index in [-0.39, 0.29) is 11.3 Å². The third-order valence-electron chi connectivity index (χ3n) is 3.24. The topological polar surface area (TPSA) is 55.8 Å². The van der Waals surface area contributed by atoms with Gasteiger partial charge in [-0.1, -0.05) is 42.5 Å². The summed E-state index contributed by atoms with van der Waals surface area (Å²) in [6.45, 7) is 0. The van der Waals surface area contributed by atoms with Gasteiger partial charge in [-0.3, -0.25) is 0 Å². The molecule has 0 spiro atoms. The predicted molar refractivity (Wildman–Crippen MR) is 85.2 cm³/mol. The lowest BCUT2D eigenvalue weighted by Crippen LogP contribution is -2.04. The zero-order valence-corrected chi connectivity index (χ0v) is 12.6. The van der Waals surface area contributed by atoms with E-state index in [0.29, 0.717) is 11.3 Å². The number of carbonyl (C=O) groups excluding carboxylic acids is 1. The van der Waals surface area contributed by atoms with Gasteiger partial charge in [-0.2, -0.15) is 0 Å². The first-order valence-corrected chi connectivity index (χ1v) is 6.85. The maximum atomic E-state index is 11.8. The average molecular weight is 298 g/mol. The van der Waals surface area contributed by atoms with Gasteiger partial charge in [0.15, 0.2) is 0 Å². The molecule has 4 heteroatoms. The van der Waals surface area contributed by atoms with Gasteiger partial charge in [0.05, 0.1) is 14.2 Å². The number of benzene rings is 2. The van der Waals surface area contributed by atoms with Gasteiger partial charge in [-0.25, -0.2) is 4.79 Å². The molecule has 1 N–H and O–H groups in total. The van der Waals surface area contributed by atoms with Gasteiger partial charge >= 0.3 is 5.97 Å². The van der Waals surface area contributed by atoms with E-state index < -0.39 is 5.97 Å². The molecule has 4 nitrogen and oxygen atoms in total. The van der Waals surface area contributed by atoms with Crippen molar-refractivity contribution in [3.63, 3.8) is 0 Å². The number of hydrogen-bond acceptors (Lipinski definition) is 4. The van der Waals surface area contributed by atoms with Gasteiger partial charge in [0.25, 0.3) is 0 Å². The molecule has 0 bridgehead atoms. The molecule has 0 amide bonds. The Kier molecular flexibility index (Phi) is 5.20. The van der Waals surface area contributed by atoms with E-state index in [1.165, 1.54) is 20.3 Å². The highest BCUT2D eigenvalue weighted by atomic mass is 16.5. The molecule has 0 aliphatic rings. The molecule has 114 valence electrons. The van der Waals surface area contributed by atoms with Crippen LogP contribution in [-0.2, 0) is 11.2 Å². The van der Waals surface area contributed by atoms with Crippen LogP contribution in [0.1, 0.15) is 21.5 Å². The van der Waals surface area contributed by atoms with Crippen LogP contribution < -0.4 is 4.74 Å². The van der Waals surface area contributed by atoms with Crippen LogP contribution in [-0.4, -0.2) is 25.3 Å². The predicted octanol–water partition coefficient (Wildman–Crippen LogP) is 3.44. The molecule has 0 saturated heterocycles. The summed E-state index contributed by atoms with van der Waals surface area (Å²) in [6, 6.07) is 13.0. The third-order valence-corrected chi connectivity index (χ3v) is 3.24. The van der Waals surface area contributed by atoms with Crippen molar-refractivity contribution >= 4 is 12.0 Å². The lowest BCUT2D eigenvalue weighted by Gasteiger charge is -2.09. The second-order valence-electron chi connectivity index (χ2n) is 4.69. The van der Waals surface area contributed by atoms with Gasteiger partial charge in [0.2, 0.25) is 0 Å². The summed E-state index contributed by atoms with van der Waals surface area (Å²) in [5, 5.41) is 10.0. The number of aromatic hydroxyl groups is 1. The van der Waals surface area contributed by atoms with Crippen molar-refractivity contribution in [2.45, 2.75) is 6.42 Å². The Hall–Kier alpha value is -2.75. The van der Waals surface area contributed by atoms with Gasteiger partial charge in [-0.05, 0) is 23.6 Å². The molecule has 0 saturated carbocycles. The second-order valence-corrected chi connectivity index (χ2v) is 4.69. The van der Waals surface area contributed by atoms with Crippen LogP contribution in [0.2, 0.25) is 0 Å². The first-order chi connectivity index (χ1) is 10.7. The van der Waals surface area contributed by atoms with Crippen LogP contribution >= 0.6 is 0 Å². The minimum atomic E-state index is -0.584. The van der Waals surface area contributed by atoms with Crippen LogP contribution in [0.4, 0.5) is 0 Å². The number of phenols is 1. The van der Waals surface area contributed by atoms with Gasteiger partial charge in [0, 0.05) is 6.07 Å². The first kappa shape index (κ1) is 15.6. The van der Waals surface area contributed by atoms with E-state index in [4.69, 9.17) is 9.47 Å². The van der Waals surface area contributed by atoms with Crippen molar-refractivity contribution in [1.82, 2.24) is 0 Å². The smallest absolute Gasteiger partial charge is 0.342 e. The highest BCUT2D eigenvalue weighted by Crippen LogP contribution is 2.29. The lowest BCUT2D eigenvalue weighted by atomic mass is 10.0. The van der Waals surface area contributed by atoms with E-state index in [2.05, 4.69) is 0 Å². The number of hydrogen-bond donors (Lipinski definition) is 1. The van der Waals surface area contributed by atoms with E-state index in [0.717, 1.165) is 12.0 Å². The molecular formula is C18H18O4. The molecule has 0 fully saturated rings. The summed E-state index contributed by atoms with van der Waals surface area (Å²) in [5.74, 6) is -0.269. The van der Waals surface area contributed by atoms with Crippen molar-refractivity contribution < 1.29 is 19.4 Å². The fraction of sp³-hybridized carbons (Fsp3) is 0.167. The summed E-state index contributed by atoms with van der Waals surface area (Å²) in [6.07, 6.45) is 4.43. The van der Waals surface area contributed by atoms with E-state index in [1.807, 2.05) is 36.4 Å². The molecule has 0 radical (unpaired) electrons. The number of ether oxygens (including phenoxy) is 2. The van der Waals surface area contributed by atoms with Crippen molar-refractivity contribution in [3.05, 3.63) is 65.2 Å². The van der Waals surface area contributed by atoms with Crippen molar-refractivity contribution in [3.8, 4) is 11.5 Å². The Bertz CT molecular complexity index is 675. The number of rotatable bonds is 5. The molecule has 2 rings (SSSR count). The van der Waals surface area contributed by atoms with Crippen LogP contribution in [0.3, 0.4) is 0 Å². The fourth-order valence-electron chi connectivity index (χ4n) is 2.13. The van der Waals surface area contributed by atoms with Gasteiger partial charge in [0.1, 0.15) is 17.1 Å². The molecule has 0 atom stereocenters. The maximum absolute atomic E-state index is 11.8. The standard InChI is InChI=1S/C18H18O4/c1-21-15-11-14(17(16(19)12-15)18(20)22-2)10-6-9-13-7-4-3-5-8-13/h3-8,10-12,19H,9H2,1-2H3/b10-6+. The summed E-state index contributed by atoms with van der Waals surface area (Å²) in [7, 11) is 2.79.